The fourth-order valence-corrected chi connectivity index (χ4v) is 3.42. The normalized spacial score (nSPS) is 18.0. The van der Waals surface area contributed by atoms with Gasteiger partial charge in [0, 0.05) is 41.4 Å². The maximum Gasteiger partial charge on any atom is 0.416 e. The number of nitrogens with one attached hydrogen (secondary N) is 1. The topological polar surface area (TPSA) is 15.3 Å². The number of halogens is 5. The Morgan fingerprint density at radius 3 is 2.44 bits per heavy atom. The van der Waals surface area contributed by atoms with Crippen LogP contribution in [0.4, 0.5) is 18.9 Å². The molecule has 1 unspecified atom stereocenters. The van der Waals surface area contributed by atoms with E-state index in [-0.39, 0.29) is 6.04 Å². The van der Waals surface area contributed by atoms with Crippen molar-refractivity contribution in [2.45, 2.75) is 25.2 Å². The predicted octanol–water partition coefficient (Wildman–Crippen LogP) is 5.38. The second kappa shape index (κ2) is 7.44. The van der Waals surface area contributed by atoms with Crippen LogP contribution in [0.2, 0.25) is 10.0 Å². The summed E-state index contributed by atoms with van der Waals surface area (Å²) in [7, 11) is 0. The zero-order valence-electron chi connectivity index (χ0n) is 13.3. The van der Waals surface area contributed by atoms with Crippen molar-refractivity contribution in [1.29, 1.82) is 0 Å². The van der Waals surface area contributed by atoms with Crippen molar-refractivity contribution < 1.29 is 13.2 Å². The van der Waals surface area contributed by atoms with Crippen LogP contribution in [0.25, 0.3) is 0 Å². The summed E-state index contributed by atoms with van der Waals surface area (Å²) >= 11 is 12.1. The Hall–Kier alpha value is -1.43. The van der Waals surface area contributed by atoms with Gasteiger partial charge in [0.25, 0.3) is 0 Å². The standard InChI is InChI=1S/C18H17Cl2F3N2/c19-14-4-1-12(17(20)9-14)10-24-15-7-8-25(11-15)16-5-2-13(3-6-16)18(21,22)23/h1-6,9,15,24H,7-8,10-11H2. The summed E-state index contributed by atoms with van der Waals surface area (Å²) in [5.41, 5.74) is 1.16. The fourth-order valence-electron chi connectivity index (χ4n) is 2.94. The first-order chi connectivity index (χ1) is 11.8. The Bertz CT molecular complexity index is 732. The number of nitrogens with zero attached hydrogens (tertiary/aromatic N) is 1. The van der Waals surface area contributed by atoms with Gasteiger partial charge in [-0.05, 0) is 48.4 Å². The predicted molar refractivity (Wildman–Crippen MR) is 95.4 cm³/mol. The summed E-state index contributed by atoms with van der Waals surface area (Å²) in [6, 6.07) is 11.0. The SMILES string of the molecule is FC(F)(F)c1ccc(N2CCC(NCc3ccc(Cl)cc3Cl)C2)cc1. The lowest BCUT2D eigenvalue weighted by molar-refractivity contribution is -0.137. The van der Waals surface area contributed by atoms with Gasteiger partial charge < -0.3 is 10.2 Å². The van der Waals surface area contributed by atoms with Crippen LogP contribution in [0.5, 0.6) is 0 Å². The van der Waals surface area contributed by atoms with Gasteiger partial charge in [-0.25, -0.2) is 0 Å². The first kappa shape index (κ1) is 18.4. The molecule has 1 aliphatic rings. The van der Waals surface area contributed by atoms with Crippen molar-refractivity contribution >= 4 is 28.9 Å². The van der Waals surface area contributed by atoms with Gasteiger partial charge >= 0.3 is 6.18 Å². The van der Waals surface area contributed by atoms with Crippen molar-refractivity contribution in [2.75, 3.05) is 18.0 Å². The van der Waals surface area contributed by atoms with Crippen molar-refractivity contribution in [2.24, 2.45) is 0 Å². The van der Waals surface area contributed by atoms with Crippen molar-refractivity contribution in [3.63, 3.8) is 0 Å². The van der Waals surface area contributed by atoms with E-state index < -0.39 is 11.7 Å². The van der Waals surface area contributed by atoms with E-state index in [4.69, 9.17) is 23.2 Å². The summed E-state index contributed by atoms with van der Waals surface area (Å²) in [4.78, 5) is 2.08. The number of alkyl halides is 3. The molecule has 2 aromatic rings. The molecular weight excluding hydrogens is 372 g/mol. The zero-order valence-corrected chi connectivity index (χ0v) is 14.8. The average molecular weight is 389 g/mol. The van der Waals surface area contributed by atoms with Crippen LogP contribution in [-0.4, -0.2) is 19.1 Å². The van der Waals surface area contributed by atoms with Crippen molar-refractivity contribution in [1.82, 2.24) is 5.32 Å². The van der Waals surface area contributed by atoms with Gasteiger partial charge in [0.1, 0.15) is 0 Å². The molecule has 2 nitrogen and oxygen atoms in total. The molecule has 1 fully saturated rings. The number of hydrogen-bond donors (Lipinski definition) is 1. The molecule has 1 N–H and O–H groups in total. The molecule has 1 heterocycles. The highest BCUT2D eigenvalue weighted by Crippen LogP contribution is 2.31. The van der Waals surface area contributed by atoms with Gasteiger partial charge in [0.2, 0.25) is 0 Å². The minimum Gasteiger partial charge on any atom is -0.370 e. The summed E-state index contributed by atoms with van der Waals surface area (Å²) in [5, 5.41) is 4.67. The van der Waals surface area contributed by atoms with E-state index >= 15 is 0 Å². The van der Waals surface area contributed by atoms with Crippen LogP contribution in [-0.2, 0) is 12.7 Å². The largest absolute Gasteiger partial charge is 0.416 e. The fraction of sp³-hybridized carbons (Fsp3) is 0.333. The van der Waals surface area contributed by atoms with Gasteiger partial charge in [-0.1, -0.05) is 29.3 Å². The minimum absolute atomic E-state index is 0.258. The lowest BCUT2D eigenvalue weighted by Gasteiger charge is -2.20. The Morgan fingerprint density at radius 1 is 1.08 bits per heavy atom. The van der Waals surface area contributed by atoms with Gasteiger partial charge in [0.05, 0.1) is 5.56 Å². The van der Waals surface area contributed by atoms with Gasteiger partial charge in [-0.3, -0.25) is 0 Å². The van der Waals surface area contributed by atoms with E-state index in [1.54, 1.807) is 12.1 Å². The number of hydrogen-bond acceptors (Lipinski definition) is 2. The molecule has 7 heteroatoms. The van der Waals surface area contributed by atoms with Crippen molar-refractivity contribution in [3.05, 3.63) is 63.6 Å². The Labute approximate surface area is 154 Å². The number of benzene rings is 2. The molecule has 0 aromatic heterocycles. The van der Waals surface area contributed by atoms with E-state index in [1.165, 1.54) is 12.1 Å². The van der Waals surface area contributed by atoms with E-state index in [9.17, 15) is 13.2 Å². The van der Waals surface area contributed by atoms with E-state index in [0.717, 1.165) is 42.9 Å². The van der Waals surface area contributed by atoms with Crippen molar-refractivity contribution in [3.8, 4) is 0 Å². The molecule has 0 radical (unpaired) electrons. The maximum absolute atomic E-state index is 12.6. The number of anilines is 1. The summed E-state index contributed by atoms with van der Waals surface area (Å²) in [6.07, 6.45) is -3.38. The Kier molecular flexibility index (Phi) is 5.46. The first-order valence-corrected chi connectivity index (χ1v) is 8.68. The third-order valence-electron chi connectivity index (χ3n) is 4.34. The zero-order chi connectivity index (χ0) is 18.0. The highest BCUT2D eigenvalue weighted by molar-refractivity contribution is 6.35. The summed E-state index contributed by atoms with van der Waals surface area (Å²) in [6.45, 7) is 2.18. The second-order valence-corrected chi connectivity index (χ2v) is 6.94. The molecule has 0 bridgehead atoms. The molecule has 0 saturated carbocycles. The third-order valence-corrected chi connectivity index (χ3v) is 4.93. The smallest absolute Gasteiger partial charge is 0.370 e. The molecule has 1 atom stereocenters. The molecule has 2 aromatic carbocycles. The van der Waals surface area contributed by atoms with Crippen LogP contribution in [0, 0.1) is 0 Å². The highest BCUT2D eigenvalue weighted by Gasteiger charge is 2.30. The molecular formula is C18H17Cl2F3N2. The average Bonchev–Trinajstić information content (AvgIpc) is 3.02. The molecule has 1 aliphatic heterocycles. The van der Waals surface area contributed by atoms with Crippen LogP contribution in [0.1, 0.15) is 17.5 Å². The molecule has 0 amide bonds. The van der Waals surface area contributed by atoms with E-state index in [0.29, 0.717) is 16.6 Å². The molecule has 3 rings (SSSR count). The van der Waals surface area contributed by atoms with Crippen LogP contribution >= 0.6 is 23.2 Å². The number of rotatable bonds is 4. The maximum atomic E-state index is 12.6. The lowest BCUT2D eigenvalue weighted by atomic mass is 10.2. The second-order valence-electron chi connectivity index (χ2n) is 6.09. The van der Waals surface area contributed by atoms with Gasteiger partial charge in [-0.15, -0.1) is 0 Å². The quantitative estimate of drug-likeness (QED) is 0.755. The summed E-state index contributed by atoms with van der Waals surface area (Å²) in [5.74, 6) is 0. The molecule has 25 heavy (non-hydrogen) atoms. The summed E-state index contributed by atoms with van der Waals surface area (Å²) < 4.78 is 37.9. The lowest BCUT2D eigenvalue weighted by Crippen LogP contribution is -2.32. The van der Waals surface area contributed by atoms with Crippen LogP contribution < -0.4 is 10.2 Å². The monoisotopic (exact) mass is 388 g/mol. The van der Waals surface area contributed by atoms with Gasteiger partial charge in [-0.2, -0.15) is 13.2 Å². The molecule has 1 saturated heterocycles. The minimum atomic E-state index is -4.30. The van der Waals surface area contributed by atoms with E-state index in [1.807, 2.05) is 6.07 Å². The molecule has 134 valence electrons. The Morgan fingerprint density at radius 2 is 1.80 bits per heavy atom. The van der Waals surface area contributed by atoms with Gasteiger partial charge in [0.15, 0.2) is 0 Å². The van der Waals surface area contributed by atoms with Crippen LogP contribution in [0.15, 0.2) is 42.5 Å². The van der Waals surface area contributed by atoms with Crippen LogP contribution in [0.3, 0.4) is 0 Å². The highest BCUT2D eigenvalue weighted by atomic mass is 35.5. The van der Waals surface area contributed by atoms with E-state index in [2.05, 4.69) is 10.2 Å². The Balaban J connectivity index is 1.56. The molecule has 0 spiro atoms. The third kappa shape index (κ3) is 4.60. The first-order valence-electron chi connectivity index (χ1n) is 7.92. The molecule has 0 aliphatic carbocycles.